The lowest BCUT2D eigenvalue weighted by Gasteiger charge is -2.05. The van der Waals surface area contributed by atoms with Crippen molar-refractivity contribution in [3.63, 3.8) is 0 Å². The van der Waals surface area contributed by atoms with Gasteiger partial charge in [0.15, 0.2) is 0 Å². The van der Waals surface area contributed by atoms with E-state index in [2.05, 4.69) is 27.0 Å². The van der Waals surface area contributed by atoms with Crippen molar-refractivity contribution >= 4 is 0 Å². The first-order valence-corrected chi connectivity index (χ1v) is 5.64. The fourth-order valence-corrected chi connectivity index (χ4v) is 1.55. The molecule has 2 aromatic rings. The van der Waals surface area contributed by atoms with E-state index in [0.717, 1.165) is 12.8 Å². The minimum absolute atomic E-state index is 0.0650. The fraction of sp³-hybridized carbons (Fsp3) is 0.455. The van der Waals surface area contributed by atoms with Crippen LogP contribution in [0.15, 0.2) is 23.1 Å². The van der Waals surface area contributed by atoms with Crippen LogP contribution in [0.2, 0.25) is 0 Å². The maximum absolute atomic E-state index is 5.91. The molecule has 1 atom stereocenters. The lowest BCUT2D eigenvalue weighted by Crippen LogP contribution is -2.22. The van der Waals surface area contributed by atoms with E-state index in [1.807, 2.05) is 0 Å². The largest absolute Gasteiger partial charge is 0.339 e. The van der Waals surface area contributed by atoms with E-state index in [-0.39, 0.29) is 6.04 Å². The molecule has 0 bridgehead atoms. The van der Waals surface area contributed by atoms with Crippen LogP contribution in [0, 0.1) is 0 Å². The quantitative estimate of drug-likeness (QED) is 0.834. The van der Waals surface area contributed by atoms with Gasteiger partial charge in [-0.2, -0.15) is 4.98 Å². The molecule has 0 amide bonds. The number of nitrogens with zero attached hydrogens (tertiary/aromatic N) is 4. The Morgan fingerprint density at radius 3 is 3.00 bits per heavy atom. The molecule has 1 unspecified atom stereocenters. The van der Waals surface area contributed by atoms with Gasteiger partial charge < -0.3 is 10.3 Å². The van der Waals surface area contributed by atoms with E-state index >= 15 is 0 Å². The first-order valence-electron chi connectivity index (χ1n) is 5.64. The van der Waals surface area contributed by atoms with E-state index < -0.39 is 0 Å². The topological polar surface area (TPSA) is 90.7 Å². The normalized spacial score (nSPS) is 12.6. The van der Waals surface area contributed by atoms with E-state index in [1.54, 1.807) is 18.6 Å². The predicted molar refractivity (Wildman–Crippen MR) is 61.9 cm³/mol. The summed E-state index contributed by atoms with van der Waals surface area (Å²) in [6.07, 6.45) is 7.38. The third-order valence-electron chi connectivity index (χ3n) is 2.36. The summed E-state index contributed by atoms with van der Waals surface area (Å²) in [5.74, 6) is 1.00. The van der Waals surface area contributed by atoms with Gasteiger partial charge in [0.25, 0.3) is 0 Å². The molecular formula is C11H15N5O. The molecule has 0 spiro atoms. The zero-order chi connectivity index (χ0) is 12.1. The van der Waals surface area contributed by atoms with Crippen LogP contribution in [0.4, 0.5) is 0 Å². The summed E-state index contributed by atoms with van der Waals surface area (Å²) < 4.78 is 5.13. The second-order valence-electron chi connectivity index (χ2n) is 3.86. The summed E-state index contributed by atoms with van der Waals surface area (Å²) in [6, 6.07) is 0.0650. The van der Waals surface area contributed by atoms with Gasteiger partial charge in [-0.3, -0.25) is 4.98 Å². The molecule has 0 aliphatic heterocycles. The average molecular weight is 233 g/mol. The Bertz CT molecular complexity index is 456. The molecule has 2 N–H and O–H groups in total. The van der Waals surface area contributed by atoms with Gasteiger partial charge in [0.2, 0.25) is 11.7 Å². The summed E-state index contributed by atoms with van der Waals surface area (Å²) in [4.78, 5) is 12.3. The SMILES string of the molecule is CCCC(N)Cc1nc(-c2cnccn2)no1. The molecule has 0 saturated heterocycles. The van der Waals surface area contributed by atoms with Crippen molar-refractivity contribution in [3.8, 4) is 11.5 Å². The second kappa shape index (κ2) is 5.49. The van der Waals surface area contributed by atoms with Crippen molar-refractivity contribution in [3.05, 3.63) is 24.5 Å². The van der Waals surface area contributed by atoms with Crippen molar-refractivity contribution in [2.24, 2.45) is 5.73 Å². The minimum Gasteiger partial charge on any atom is -0.339 e. The lowest BCUT2D eigenvalue weighted by molar-refractivity contribution is 0.366. The first-order chi connectivity index (χ1) is 8.29. The van der Waals surface area contributed by atoms with Crippen molar-refractivity contribution < 1.29 is 4.52 Å². The van der Waals surface area contributed by atoms with Crippen LogP contribution >= 0.6 is 0 Å². The summed E-state index contributed by atoms with van der Waals surface area (Å²) in [7, 11) is 0. The van der Waals surface area contributed by atoms with Crippen LogP contribution in [-0.4, -0.2) is 26.2 Å². The van der Waals surface area contributed by atoms with E-state index in [9.17, 15) is 0 Å². The fourth-order valence-electron chi connectivity index (χ4n) is 1.55. The van der Waals surface area contributed by atoms with Gasteiger partial charge in [-0.25, -0.2) is 4.98 Å². The molecule has 6 heteroatoms. The first kappa shape index (κ1) is 11.7. The number of hydrogen-bond donors (Lipinski definition) is 1. The minimum atomic E-state index is 0.0650. The highest BCUT2D eigenvalue weighted by atomic mass is 16.5. The van der Waals surface area contributed by atoms with E-state index in [0.29, 0.717) is 23.8 Å². The van der Waals surface area contributed by atoms with E-state index in [1.165, 1.54) is 0 Å². The van der Waals surface area contributed by atoms with Gasteiger partial charge in [0, 0.05) is 24.9 Å². The van der Waals surface area contributed by atoms with Crippen LogP contribution in [0.5, 0.6) is 0 Å². The molecule has 2 rings (SSSR count). The lowest BCUT2D eigenvalue weighted by atomic mass is 10.1. The molecule has 90 valence electrons. The standard InChI is InChI=1S/C11H15N5O/c1-2-3-8(12)6-10-15-11(16-17-10)9-7-13-4-5-14-9/h4-5,7-8H,2-3,6,12H2,1H3. The summed E-state index contributed by atoms with van der Waals surface area (Å²) >= 11 is 0. The van der Waals surface area contributed by atoms with Crippen LogP contribution in [0.25, 0.3) is 11.5 Å². The van der Waals surface area contributed by atoms with Gasteiger partial charge in [-0.15, -0.1) is 0 Å². The number of aromatic nitrogens is 4. The van der Waals surface area contributed by atoms with Crippen LogP contribution in [0.3, 0.4) is 0 Å². The van der Waals surface area contributed by atoms with Gasteiger partial charge in [-0.1, -0.05) is 18.5 Å². The highest BCUT2D eigenvalue weighted by molar-refractivity contribution is 5.45. The highest BCUT2D eigenvalue weighted by Crippen LogP contribution is 2.12. The summed E-state index contributed by atoms with van der Waals surface area (Å²) in [6.45, 7) is 2.10. The van der Waals surface area contributed by atoms with Gasteiger partial charge in [0.05, 0.1) is 6.20 Å². The molecule has 2 aromatic heterocycles. The third kappa shape index (κ3) is 3.07. The summed E-state index contributed by atoms with van der Waals surface area (Å²) in [5.41, 5.74) is 6.51. The number of hydrogen-bond acceptors (Lipinski definition) is 6. The Hall–Kier alpha value is -1.82. The molecule has 6 nitrogen and oxygen atoms in total. The van der Waals surface area contributed by atoms with Crippen LogP contribution in [0.1, 0.15) is 25.7 Å². The van der Waals surface area contributed by atoms with Gasteiger partial charge >= 0.3 is 0 Å². The number of nitrogens with two attached hydrogens (primary N) is 1. The zero-order valence-electron chi connectivity index (χ0n) is 9.71. The Kier molecular flexibility index (Phi) is 3.77. The zero-order valence-corrected chi connectivity index (χ0v) is 9.71. The Balaban J connectivity index is 2.06. The predicted octanol–water partition coefficient (Wildman–Crippen LogP) is 1.20. The Labute approximate surface area is 99.3 Å². The third-order valence-corrected chi connectivity index (χ3v) is 2.36. The Morgan fingerprint density at radius 2 is 2.29 bits per heavy atom. The second-order valence-corrected chi connectivity index (χ2v) is 3.86. The van der Waals surface area contributed by atoms with Crippen LogP contribution in [-0.2, 0) is 6.42 Å². The van der Waals surface area contributed by atoms with E-state index in [4.69, 9.17) is 10.3 Å². The number of rotatable bonds is 5. The molecule has 2 heterocycles. The maximum atomic E-state index is 5.91. The van der Waals surface area contributed by atoms with Crippen molar-refractivity contribution in [2.45, 2.75) is 32.2 Å². The summed E-state index contributed by atoms with van der Waals surface area (Å²) in [5, 5.41) is 3.86. The molecule has 0 fully saturated rings. The average Bonchev–Trinajstić information content (AvgIpc) is 2.79. The van der Waals surface area contributed by atoms with Crippen molar-refractivity contribution in [1.29, 1.82) is 0 Å². The molecule has 0 aliphatic rings. The van der Waals surface area contributed by atoms with Crippen molar-refractivity contribution in [2.75, 3.05) is 0 Å². The molecule has 0 aliphatic carbocycles. The van der Waals surface area contributed by atoms with Gasteiger partial charge in [0.1, 0.15) is 5.69 Å². The highest BCUT2D eigenvalue weighted by Gasteiger charge is 2.12. The maximum Gasteiger partial charge on any atom is 0.228 e. The smallest absolute Gasteiger partial charge is 0.228 e. The molecular weight excluding hydrogens is 218 g/mol. The molecule has 0 aromatic carbocycles. The molecule has 0 saturated carbocycles. The monoisotopic (exact) mass is 233 g/mol. The molecule has 0 radical (unpaired) electrons. The van der Waals surface area contributed by atoms with Crippen molar-refractivity contribution in [1.82, 2.24) is 20.1 Å². The Morgan fingerprint density at radius 1 is 1.41 bits per heavy atom. The van der Waals surface area contributed by atoms with Gasteiger partial charge in [-0.05, 0) is 6.42 Å². The molecule has 17 heavy (non-hydrogen) atoms. The van der Waals surface area contributed by atoms with Crippen LogP contribution < -0.4 is 5.73 Å².